The Kier molecular flexibility index (Phi) is 4.93. The summed E-state index contributed by atoms with van der Waals surface area (Å²) in [5.74, 6) is 0.0839. The standard InChI is InChI=1S/C14H20BrN3O/c1-3-12-9-18(13(4-2)8-17-12)14(19)10-5-11(15)7-16-6-10/h5-7,12-13,17H,3-4,8-9H2,1-2H3. The maximum absolute atomic E-state index is 12.6. The lowest BCUT2D eigenvalue weighted by Crippen LogP contribution is -2.57. The molecule has 5 heteroatoms. The minimum Gasteiger partial charge on any atom is -0.333 e. The van der Waals surface area contributed by atoms with Crippen LogP contribution in [-0.4, -0.2) is 41.0 Å². The van der Waals surface area contributed by atoms with E-state index in [0.29, 0.717) is 11.6 Å². The molecule has 1 aromatic heterocycles. The number of halogens is 1. The first-order valence-electron chi connectivity index (χ1n) is 6.80. The zero-order valence-corrected chi connectivity index (χ0v) is 13.0. The van der Waals surface area contributed by atoms with Crippen LogP contribution < -0.4 is 5.32 Å². The molecule has 2 heterocycles. The molecule has 1 aliphatic heterocycles. The molecule has 0 saturated carbocycles. The van der Waals surface area contributed by atoms with Crippen LogP contribution in [0.2, 0.25) is 0 Å². The van der Waals surface area contributed by atoms with E-state index in [9.17, 15) is 4.79 Å². The SMILES string of the molecule is CCC1CN(C(=O)c2cncc(Br)c2)C(CC)CN1. The van der Waals surface area contributed by atoms with Gasteiger partial charge in [-0.3, -0.25) is 9.78 Å². The van der Waals surface area contributed by atoms with Crippen LogP contribution in [0.1, 0.15) is 37.0 Å². The van der Waals surface area contributed by atoms with E-state index < -0.39 is 0 Å². The van der Waals surface area contributed by atoms with Crippen LogP contribution in [0.5, 0.6) is 0 Å². The molecule has 2 rings (SSSR count). The van der Waals surface area contributed by atoms with Crippen molar-refractivity contribution >= 4 is 21.8 Å². The van der Waals surface area contributed by atoms with Gasteiger partial charge in [0.15, 0.2) is 0 Å². The number of hydrogen-bond donors (Lipinski definition) is 1. The number of piperazine rings is 1. The smallest absolute Gasteiger partial charge is 0.255 e. The Hall–Kier alpha value is -0.940. The third kappa shape index (κ3) is 3.34. The van der Waals surface area contributed by atoms with Gasteiger partial charge in [0.2, 0.25) is 0 Å². The fourth-order valence-corrected chi connectivity index (χ4v) is 2.81. The molecule has 1 fully saturated rings. The van der Waals surface area contributed by atoms with Crippen molar-refractivity contribution in [3.05, 3.63) is 28.5 Å². The Morgan fingerprint density at radius 1 is 1.47 bits per heavy atom. The minimum atomic E-state index is 0.0839. The van der Waals surface area contributed by atoms with E-state index in [1.807, 2.05) is 11.0 Å². The van der Waals surface area contributed by atoms with Crippen molar-refractivity contribution in [2.45, 2.75) is 38.8 Å². The van der Waals surface area contributed by atoms with Gasteiger partial charge >= 0.3 is 0 Å². The van der Waals surface area contributed by atoms with Crippen LogP contribution in [0.15, 0.2) is 22.9 Å². The van der Waals surface area contributed by atoms with E-state index in [-0.39, 0.29) is 11.9 Å². The van der Waals surface area contributed by atoms with Crippen molar-refractivity contribution in [1.29, 1.82) is 0 Å². The van der Waals surface area contributed by atoms with Crippen LogP contribution in [-0.2, 0) is 0 Å². The van der Waals surface area contributed by atoms with E-state index in [4.69, 9.17) is 0 Å². The number of nitrogens with one attached hydrogen (secondary N) is 1. The Morgan fingerprint density at radius 2 is 2.26 bits per heavy atom. The zero-order chi connectivity index (χ0) is 13.8. The summed E-state index contributed by atoms with van der Waals surface area (Å²) < 4.78 is 0.841. The fraction of sp³-hybridized carbons (Fsp3) is 0.571. The summed E-state index contributed by atoms with van der Waals surface area (Å²) in [7, 11) is 0. The molecule has 1 aliphatic rings. The number of hydrogen-bond acceptors (Lipinski definition) is 3. The lowest BCUT2D eigenvalue weighted by molar-refractivity contribution is 0.0575. The van der Waals surface area contributed by atoms with Gasteiger partial charge in [-0.1, -0.05) is 13.8 Å². The molecule has 1 amide bonds. The third-order valence-corrected chi connectivity index (χ3v) is 4.11. The molecule has 0 bridgehead atoms. The van der Waals surface area contributed by atoms with E-state index in [0.717, 1.165) is 30.4 Å². The second-order valence-corrected chi connectivity index (χ2v) is 5.84. The number of rotatable bonds is 3. The lowest BCUT2D eigenvalue weighted by atomic mass is 10.0. The third-order valence-electron chi connectivity index (χ3n) is 3.68. The van der Waals surface area contributed by atoms with Crippen molar-refractivity contribution in [3.63, 3.8) is 0 Å². The summed E-state index contributed by atoms with van der Waals surface area (Å²) in [6.45, 7) is 5.92. The number of nitrogens with zero attached hydrogens (tertiary/aromatic N) is 2. The summed E-state index contributed by atoms with van der Waals surface area (Å²) >= 11 is 3.37. The molecule has 104 valence electrons. The van der Waals surface area contributed by atoms with Crippen LogP contribution in [0.4, 0.5) is 0 Å². The highest BCUT2D eigenvalue weighted by molar-refractivity contribution is 9.10. The molecule has 1 aromatic rings. The van der Waals surface area contributed by atoms with Gasteiger partial charge in [0, 0.05) is 42.0 Å². The van der Waals surface area contributed by atoms with E-state index in [1.54, 1.807) is 12.4 Å². The second-order valence-electron chi connectivity index (χ2n) is 4.92. The number of amides is 1. The average Bonchev–Trinajstić information content (AvgIpc) is 2.45. The van der Waals surface area contributed by atoms with Gasteiger partial charge in [0.25, 0.3) is 5.91 Å². The first-order valence-corrected chi connectivity index (χ1v) is 7.59. The highest BCUT2D eigenvalue weighted by atomic mass is 79.9. The lowest BCUT2D eigenvalue weighted by Gasteiger charge is -2.40. The molecular weight excluding hydrogens is 306 g/mol. The summed E-state index contributed by atoms with van der Waals surface area (Å²) in [4.78, 5) is 18.7. The van der Waals surface area contributed by atoms with Crippen molar-refractivity contribution in [2.24, 2.45) is 0 Å². The molecular formula is C14H20BrN3O. The fourth-order valence-electron chi connectivity index (χ4n) is 2.45. The molecule has 0 spiro atoms. The van der Waals surface area contributed by atoms with E-state index >= 15 is 0 Å². The number of aromatic nitrogens is 1. The van der Waals surface area contributed by atoms with Gasteiger partial charge in [0.05, 0.1) is 5.56 Å². The van der Waals surface area contributed by atoms with Gasteiger partial charge in [-0.2, -0.15) is 0 Å². The van der Waals surface area contributed by atoms with Crippen LogP contribution >= 0.6 is 15.9 Å². The first kappa shape index (κ1) is 14.5. The van der Waals surface area contributed by atoms with Crippen molar-refractivity contribution in [2.75, 3.05) is 13.1 Å². The molecule has 0 aromatic carbocycles. The maximum Gasteiger partial charge on any atom is 0.255 e. The van der Waals surface area contributed by atoms with Crippen LogP contribution in [0.25, 0.3) is 0 Å². The Labute approximate surface area is 122 Å². The molecule has 2 unspecified atom stereocenters. The minimum absolute atomic E-state index is 0.0839. The molecule has 19 heavy (non-hydrogen) atoms. The number of carbonyl (C=O) groups is 1. The topological polar surface area (TPSA) is 45.2 Å². The van der Waals surface area contributed by atoms with Gasteiger partial charge in [-0.05, 0) is 34.8 Å². The maximum atomic E-state index is 12.6. The Balaban J connectivity index is 2.19. The van der Waals surface area contributed by atoms with Gasteiger partial charge in [-0.25, -0.2) is 0 Å². The normalized spacial score (nSPS) is 23.4. The molecule has 1 saturated heterocycles. The molecule has 0 radical (unpaired) electrons. The van der Waals surface area contributed by atoms with E-state index in [1.165, 1.54) is 0 Å². The van der Waals surface area contributed by atoms with Crippen molar-refractivity contribution in [3.8, 4) is 0 Å². The Bertz CT molecular complexity index is 452. The monoisotopic (exact) mass is 325 g/mol. The largest absolute Gasteiger partial charge is 0.333 e. The van der Waals surface area contributed by atoms with E-state index in [2.05, 4.69) is 40.1 Å². The summed E-state index contributed by atoms with van der Waals surface area (Å²) in [6.07, 6.45) is 5.34. The van der Waals surface area contributed by atoms with Crippen LogP contribution in [0.3, 0.4) is 0 Å². The van der Waals surface area contributed by atoms with Gasteiger partial charge in [0.1, 0.15) is 0 Å². The molecule has 2 atom stereocenters. The quantitative estimate of drug-likeness (QED) is 0.928. The predicted octanol–water partition coefficient (Wildman–Crippen LogP) is 2.45. The average molecular weight is 326 g/mol. The highest BCUT2D eigenvalue weighted by Gasteiger charge is 2.30. The summed E-state index contributed by atoms with van der Waals surface area (Å²) in [5.41, 5.74) is 0.657. The predicted molar refractivity (Wildman–Crippen MR) is 79.1 cm³/mol. The highest BCUT2D eigenvalue weighted by Crippen LogP contribution is 2.17. The van der Waals surface area contributed by atoms with Gasteiger partial charge < -0.3 is 10.2 Å². The Morgan fingerprint density at radius 3 is 2.89 bits per heavy atom. The molecule has 0 aliphatic carbocycles. The van der Waals surface area contributed by atoms with Crippen LogP contribution in [0, 0.1) is 0 Å². The second kappa shape index (κ2) is 6.48. The van der Waals surface area contributed by atoms with Crippen molar-refractivity contribution < 1.29 is 4.79 Å². The van der Waals surface area contributed by atoms with Gasteiger partial charge in [-0.15, -0.1) is 0 Å². The summed E-state index contributed by atoms with van der Waals surface area (Å²) in [5, 5.41) is 3.50. The zero-order valence-electron chi connectivity index (χ0n) is 11.4. The van der Waals surface area contributed by atoms with Crippen molar-refractivity contribution in [1.82, 2.24) is 15.2 Å². The molecule has 1 N–H and O–H groups in total. The first-order chi connectivity index (χ1) is 9.15. The number of carbonyl (C=O) groups excluding carboxylic acids is 1. The summed E-state index contributed by atoms with van der Waals surface area (Å²) in [6, 6.07) is 2.51. The molecule has 4 nitrogen and oxygen atoms in total. The number of pyridine rings is 1.